The molecule has 178 valence electrons. The Balaban J connectivity index is 1.63. The largest absolute Gasteiger partial charge is 0.476 e. The van der Waals surface area contributed by atoms with Crippen molar-refractivity contribution in [2.24, 2.45) is 5.92 Å². The number of rotatable bonds is 7. The average Bonchev–Trinajstić information content (AvgIpc) is 2.83. The summed E-state index contributed by atoms with van der Waals surface area (Å²) in [6, 6.07) is 22.3. The van der Waals surface area contributed by atoms with E-state index < -0.39 is 16.1 Å². The van der Waals surface area contributed by atoms with E-state index in [4.69, 9.17) is 16.3 Å². The summed E-state index contributed by atoms with van der Waals surface area (Å²) >= 11 is 5.95. The molecule has 3 aromatic carbocycles. The Bertz CT molecular complexity index is 1250. The molecule has 2 atom stereocenters. The lowest BCUT2D eigenvalue weighted by molar-refractivity contribution is -0.128. The van der Waals surface area contributed by atoms with Gasteiger partial charge in [0, 0.05) is 5.02 Å². The maximum absolute atomic E-state index is 13.5. The molecule has 1 aliphatic heterocycles. The van der Waals surface area contributed by atoms with Crippen LogP contribution in [0, 0.1) is 5.92 Å². The molecule has 6 nitrogen and oxygen atoms in total. The minimum Gasteiger partial charge on any atom is -0.476 e. The molecule has 34 heavy (non-hydrogen) atoms. The number of amides is 1. The second-order valence-corrected chi connectivity index (χ2v) is 11.0. The van der Waals surface area contributed by atoms with Crippen LogP contribution in [0.2, 0.25) is 5.02 Å². The molecule has 0 saturated heterocycles. The lowest BCUT2D eigenvalue weighted by atomic mass is 9.96. The van der Waals surface area contributed by atoms with Crippen molar-refractivity contribution in [2.75, 3.05) is 10.8 Å². The molecular formula is C26H27ClN2O4S. The minimum absolute atomic E-state index is 0.0923. The normalized spacial score (nSPS) is 16.5. The van der Waals surface area contributed by atoms with Crippen LogP contribution in [0.3, 0.4) is 0 Å². The average molecular weight is 499 g/mol. The standard InChI is InChI=1S/C26H27ClN2O4S/c1-18(2)16-22(19-8-4-3-5-9-19)28-26(30)25-17-29(23-10-6-7-11-24(23)33-25)34(31,32)21-14-12-20(27)13-15-21/h3-15,18,22,25H,16-17H2,1-2H3,(H,28,30)/t22-,25+/m1/s1. The van der Waals surface area contributed by atoms with Gasteiger partial charge in [-0.15, -0.1) is 0 Å². The van der Waals surface area contributed by atoms with Crippen LogP contribution in [-0.2, 0) is 14.8 Å². The predicted octanol–water partition coefficient (Wildman–Crippen LogP) is 5.20. The van der Waals surface area contributed by atoms with Gasteiger partial charge in [0.1, 0.15) is 5.75 Å². The van der Waals surface area contributed by atoms with Crippen LogP contribution >= 0.6 is 11.6 Å². The number of hydrogen-bond acceptors (Lipinski definition) is 4. The Hall–Kier alpha value is -3.03. The number of carbonyl (C=O) groups excluding carboxylic acids is 1. The van der Waals surface area contributed by atoms with E-state index >= 15 is 0 Å². The van der Waals surface area contributed by atoms with E-state index in [0.29, 0.717) is 22.4 Å². The van der Waals surface area contributed by atoms with Crippen molar-refractivity contribution in [2.45, 2.75) is 37.3 Å². The molecule has 0 unspecified atom stereocenters. The van der Waals surface area contributed by atoms with Crippen LogP contribution in [0.1, 0.15) is 31.9 Å². The highest BCUT2D eigenvalue weighted by molar-refractivity contribution is 7.92. The second-order valence-electron chi connectivity index (χ2n) is 8.67. The lowest BCUT2D eigenvalue weighted by Crippen LogP contribution is -2.51. The third kappa shape index (κ3) is 5.21. The first kappa shape index (κ1) is 24.1. The molecule has 1 amide bonds. The SMILES string of the molecule is CC(C)C[C@@H](NC(=O)[C@@H]1CN(S(=O)(=O)c2ccc(Cl)cc2)c2ccccc2O1)c1ccccc1. The number of sulfonamides is 1. The third-order valence-electron chi connectivity index (χ3n) is 5.65. The molecule has 3 aromatic rings. The fourth-order valence-electron chi connectivity index (χ4n) is 4.00. The first-order valence-electron chi connectivity index (χ1n) is 11.1. The predicted molar refractivity (Wildman–Crippen MR) is 134 cm³/mol. The lowest BCUT2D eigenvalue weighted by Gasteiger charge is -2.35. The quantitative estimate of drug-likeness (QED) is 0.485. The molecule has 1 aliphatic rings. The van der Waals surface area contributed by atoms with Gasteiger partial charge < -0.3 is 10.1 Å². The van der Waals surface area contributed by atoms with Gasteiger partial charge in [0.2, 0.25) is 0 Å². The molecule has 0 fully saturated rings. The van der Waals surface area contributed by atoms with Gasteiger partial charge in [0.15, 0.2) is 6.10 Å². The van der Waals surface area contributed by atoms with Crippen molar-refractivity contribution in [3.05, 3.63) is 89.4 Å². The van der Waals surface area contributed by atoms with Crippen molar-refractivity contribution in [3.8, 4) is 5.75 Å². The van der Waals surface area contributed by atoms with Crippen molar-refractivity contribution >= 4 is 33.2 Å². The number of ether oxygens (including phenoxy) is 1. The zero-order valence-electron chi connectivity index (χ0n) is 19.0. The Labute approximate surface area is 205 Å². The molecule has 1 heterocycles. The minimum atomic E-state index is -3.94. The molecule has 8 heteroatoms. The highest BCUT2D eigenvalue weighted by Crippen LogP contribution is 2.37. The molecule has 0 aliphatic carbocycles. The van der Waals surface area contributed by atoms with Crippen LogP contribution < -0.4 is 14.4 Å². The molecule has 0 aromatic heterocycles. The Morgan fingerprint density at radius 2 is 1.68 bits per heavy atom. The van der Waals surface area contributed by atoms with Crippen molar-refractivity contribution in [3.63, 3.8) is 0 Å². The van der Waals surface area contributed by atoms with Gasteiger partial charge in [0.25, 0.3) is 15.9 Å². The molecule has 4 rings (SSSR count). The summed E-state index contributed by atoms with van der Waals surface area (Å²) in [4.78, 5) is 13.4. The third-order valence-corrected chi connectivity index (χ3v) is 7.70. The number of carbonyl (C=O) groups is 1. The van der Waals surface area contributed by atoms with E-state index in [0.717, 1.165) is 12.0 Å². The highest BCUT2D eigenvalue weighted by Gasteiger charge is 2.38. The summed E-state index contributed by atoms with van der Waals surface area (Å²) in [5, 5.41) is 3.52. The van der Waals surface area contributed by atoms with E-state index in [-0.39, 0.29) is 23.4 Å². The Morgan fingerprint density at radius 3 is 2.35 bits per heavy atom. The molecule has 1 N–H and O–H groups in total. The Morgan fingerprint density at radius 1 is 1.03 bits per heavy atom. The Kier molecular flexibility index (Phi) is 7.14. The van der Waals surface area contributed by atoms with E-state index in [1.807, 2.05) is 30.3 Å². The van der Waals surface area contributed by atoms with Gasteiger partial charge in [0.05, 0.1) is 23.2 Å². The first-order chi connectivity index (χ1) is 16.3. The number of fused-ring (bicyclic) bond motifs is 1. The van der Waals surface area contributed by atoms with E-state index in [2.05, 4.69) is 19.2 Å². The maximum atomic E-state index is 13.5. The first-order valence-corrected chi connectivity index (χ1v) is 13.0. The topological polar surface area (TPSA) is 75.7 Å². The molecule has 0 saturated carbocycles. The van der Waals surface area contributed by atoms with Gasteiger partial charge in [-0.05, 0) is 54.3 Å². The monoisotopic (exact) mass is 498 g/mol. The molecule has 0 radical (unpaired) electrons. The zero-order chi connectivity index (χ0) is 24.3. The van der Waals surface area contributed by atoms with Crippen LogP contribution in [0.15, 0.2) is 83.8 Å². The number of halogens is 1. The van der Waals surface area contributed by atoms with E-state index in [9.17, 15) is 13.2 Å². The van der Waals surface area contributed by atoms with Crippen molar-refractivity contribution in [1.29, 1.82) is 0 Å². The summed E-state index contributed by atoms with van der Waals surface area (Å²) in [7, 11) is -3.94. The number of benzene rings is 3. The highest BCUT2D eigenvalue weighted by atomic mass is 35.5. The van der Waals surface area contributed by atoms with Gasteiger partial charge in [-0.3, -0.25) is 9.10 Å². The fraction of sp³-hybridized carbons (Fsp3) is 0.269. The van der Waals surface area contributed by atoms with Crippen molar-refractivity contribution in [1.82, 2.24) is 5.32 Å². The van der Waals surface area contributed by atoms with Crippen LogP contribution in [0.25, 0.3) is 0 Å². The summed E-state index contributed by atoms with van der Waals surface area (Å²) in [5.74, 6) is 0.326. The van der Waals surface area contributed by atoms with E-state index in [1.54, 1.807) is 24.3 Å². The number of anilines is 1. The van der Waals surface area contributed by atoms with Crippen LogP contribution in [-0.4, -0.2) is 27.0 Å². The summed E-state index contributed by atoms with van der Waals surface area (Å²) < 4.78 is 34.2. The van der Waals surface area contributed by atoms with Gasteiger partial charge >= 0.3 is 0 Å². The fourth-order valence-corrected chi connectivity index (χ4v) is 5.60. The van der Waals surface area contributed by atoms with E-state index in [1.165, 1.54) is 28.6 Å². The number of nitrogens with one attached hydrogen (secondary N) is 1. The van der Waals surface area contributed by atoms with Gasteiger partial charge in [-0.25, -0.2) is 8.42 Å². The van der Waals surface area contributed by atoms with Crippen LogP contribution in [0.4, 0.5) is 5.69 Å². The molecule has 0 bridgehead atoms. The zero-order valence-corrected chi connectivity index (χ0v) is 20.6. The second kappa shape index (κ2) is 10.1. The van der Waals surface area contributed by atoms with Gasteiger partial charge in [-0.2, -0.15) is 0 Å². The maximum Gasteiger partial charge on any atom is 0.264 e. The van der Waals surface area contributed by atoms with Gasteiger partial charge in [-0.1, -0.05) is 67.9 Å². The molecular weight excluding hydrogens is 472 g/mol. The number of hydrogen-bond donors (Lipinski definition) is 1. The summed E-state index contributed by atoms with van der Waals surface area (Å²) in [6.07, 6.45) is -0.262. The number of nitrogens with zero attached hydrogens (tertiary/aromatic N) is 1. The van der Waals surface area contributed by atoms with Crippen molar-refractivity contribution < 1.29 is 17.9 Å². The smallest absolute Gasteiger partial charge is 0.264 e. The molecule has 0 spiro atoms. The van der Waals surface area contributed by atoms with Crippen LogP contribution in [0.5, 0.6) is 5.75 Å². The summed E-state index contributed by atoms with van der Waals surface area (Å²) in [5.41, 5.74) is 1.38. The number of para-hydroxylation sites is 2. The summed E-state index contributed by atoms with van der Waals surface area (Å²) in [6.45, 7) is 4.04.